The SMILES string of the molecule is COCCN(C(=O)CNCCCNC(=O)c1cc(OC)c(OC)c(OC)c1)C1=C(N2CCOCC2)C(=O)c2ccccc2C1=O. The van der Waals surface area contributed by atoms with E-state index in [4.69, 9.17) is 23.7 Å². The molecule has 45 heavy (non-hydrogen) atoms. The Bertz CT molecular complexity index is 1410. The Kier molecular flexibility index (Phi) is 11.9. The second kappa shape index (κ2) is 16.0. The summed E-state index contributed by atoms with van der Waals surface area (Å²) >= 11 is 0. The number of nitrogens with one attached hydrogen (secondary N) is 2. The Balaban J connectivity index is 1.41. The Labute approximate surface area is 262 Å². The van der Waals surface area contributed by atoms with Crippen LogP contribution in [0.3, 0.4) is 0 Å². The van der Waals surface area contributed by atoms with Crippen molar-refractivity contribution < 1.29 is 42.9 Å². The third-order valence-electron chi connectivity index (χ3n) is 7.51. The number of carbonyl (C=O) groups excluding carboxylic acids is 4. The monoisotopic (exact) mass is 624 g/mol. The fraction of sp³-hybridized carbons (Fsp3) is 0.438. The van der Waals surface area contributed by atoms with Crippen LogP contribution < -0.4 is 24.8 Å². The van der Waals surface area contributed by atoms with Crippen molar-refractivity contribution in [2.24, 2.45) is 0 Å². The maximum atomic E-state index is 13.9. The van der Waals surface area contributed by atoms with Gasteiger partial charge in [0, 0.05) is 50.0 Å². The van der Waals surface area contributed by atoms with E-state index in [1.165, 1.54) is 33.3 Å². The second-order valence-corrected chi connectivity index (χ2v) is 10.2. The molecule has 0 aromatic heterocycles. The number of benzene rings is 2. The summed E-state index contributed by atoms with van der Waals surface area (Å²) in [5, 5.41) is 5.94. The number of ketones is 2. The topological polar surface area (TPSA) is 145 Å². The summed E-state index contributed by atoms with van der Waals surface area (Å²) in [7, 11) is 5.94. The zero-order valence-corrected chi connectivity index (χ0v) is 26.1. The van der Waals surface area contributed by atoms with Crippen LogP contribution in [0.15, 0.2) is 47.8 Å². The van der Waals surface area contributed by atoms with E-state index in [0.717, 1.165) is 0 Å². The van der Waals surface area contributed by atoms with Gasteiger partial charge in [0.15, 0.2) is 11.5 Å². The summed E-state index contributed by atoms with van der Waals surface area (Å²) in [6.45, 7) is 2.57. The van der Waals surface area contributed by atoms with Crippen LogP contribution in [0.4, 0.5) is 0 Å². The zero-order chi connectivity index (χ0) is 32.3. The predicted molar refractivity (Wildman–Crippen MR) is 164 cm³/mol. The summed E-state index contributed by atoms with van der Waals surface area (Å²) in [5.74, 6) is -0.253. The van der Waals surface area contributed by atoms with Gasteiger partial charge in [-0.25, -0.2) is 0 Å². The number of amides is 2. The van der Waals surface area contributed by atoms with Gasteiger partial charge in [-0.05, 0) is 25.1 Å². The van der Waals surface area contributed by atoms with Crippen LogP contribution in [0, 0.1) is 0 Å². The van der Waals surface area contributed by atoms with Crippen molar-refractivity contribution in [2.45, 2.75) is 6.42 Å². The number of carbonyl (C=O) groups is 4. The number of fused-ring (bicyclic) bond motifs is 1. The third-order valence-corrected chi connectivity index (χ3v) is 7.51. The number of allylic oxidation sites excluding steroid dienone is 2. The minimum Gasteiger partial charge on any atom is -0.493 e. The maximum absolute atomic E-state index is 13.9. The number of morpholine rings is 1. The van der Waals surface area contributed by atoms with Crippen molar-refractivity contribution in [2.75, 3.05) is 87.5 Å². The molecule has 0 spiro atoms. The van der Waals surface area contributed by atoms with E-state index in [2.05, 4.69) is 10.6 Å². The number of hydrogen-bond acceptors (Lipinski definition) is 11. The van der Waals surface area contributed by atoms with E-state index >= 15 is 0 Å². The van der Waals surface area contributed by atoms with Gasteiger partial charge in [-0.2, -0.15) is 0 Å². The lowest BCUT2D eigenvalue weighted by Gasteiger charge is -2.37. The molecule has 0 unspecified atom stereocenters. The minimum absolute atomic E-state index is 0.0575. The molecule has 1 heterocycles. The molecule has 2 N–H and O–H groups in total. The first-order chi connectivity index (χ1) is 21.9. The van der Waals surface area contributed by atoms with E-state index in [1.807, 2.05) is 4.90 Å². The van der Waals surface area contributed by atoms with Crippen LogP contribution in [0.1, 0.15) is 37.5 Å². The molecule has 2 aromatic carbocycles. The molecule has 242 valence electrons. The molecule has 1 aliphatic carbocycles. The average molecular weight is 625 g/mol. The number of rotatable bonds is 15. The highest BCUT2D eigenvalue weighted by Gasteiger charge is 2.39. The van der Waals surface area contributed by atoms with E-state index in [9.17, 15) is 19.2 Å². The molecule has 2 aromatic rings. The third kappa shape index (κ3) is 7.62. The van der Waals surface area contributed by atoms with Gasteiger partial charge in [-0.3, -0.25) is 19.2 Å². The lowest BCUT2D eigenvalue weighted by molar-refractivity contribution is -0.128. The van der Waals surface area contributed by atoms with Gasteiger partial charge in [0.05, 0.1) is 47.7 Å². The minimum atomic E-state index is -0.384. The molecule has 13 nitrogen and oxygen atoms in total. The molecule has 1 aliphatic heterocycles. The van der Waals surface area contributed by atoms with E-state index in [1.54, 1.807) is 36.4 Å². The van der Waals surface area contributed by atoms with Gasteiger partial charge < -0.3 is 44.1 Å². The van der Waals surface area contributed by atoms with Crippen LogP contribution in [0.5, 0.6) is 17.2 Å². The standard InChI is InChI=1S/C32H40N4O9/c1-41-15-14-36(28-27(35-12-16-45-17-13-35)29(38)22-8-5-6-9-23(22)30(28)39)26(37)20-33-10-7-11-34-32(40)21-18-24(42-2)31(44-4)25(19-21)43-3/h5-6,8-9,18-19,33H,7,10-17,20H2,1-4H3,(H,34,40). The molecule has 0 bridgehead atoms. The van der Waals surface area contributed by atoms with Crippen molar-refractivity contribution in [1.29, 1.82) is 0 Å². The summed E-state index contributed by atoms with van der Waals surface area (Å²) < 4.78 is 26.7. The van der Waals surface area contributed by atoms with Gasteiger partial charge in [0.2, 0.25) is 23.2 Å². The van der Waals surface area contributed by atoms with Crippen molar-refractivity contribution in [3.8, 4) is 17.2 Å². The number of Topliss-reactive ketones (excluding diaryl/α,β-unsaturated/α-hetero) is 2. The quantitative estimate of drug-likeness (QED) is 0.278. The summed E-state index contributed by atoms with van der Waals surface area (Å²) in [6, 6.07) is 9.79. The number of hydrogen-bond donors (Lipinski definition) is 2. The van der Waals surface area contributed by atoms with Crippen molar-refractivity contribution in [3.63, 3.8) is 0 Å². The Morgan fingerprint density at radius 1 is 0.911 bits per heavy atom. The van der Waals surface area contributed by atoms with Crippen molar-refractivity contribution >= 4 is 23.4 Å². The fourth-order valence-electron chi connectivity index (χ4n) is 5.24. The van der Waals surface area contributed by atoms with Gasteiger partial charge in [-0.1, -0.05) is 24.3 Å². The Morgan fingerprint density at radius 2 is 1.56 bits per heavy atom. The van der Waals surface area contributed by atoms with Gasteiger partial charge >= 0.3 is 0 Å². The highest BCUT2D eigenvalue weighted by Crippen LogP contribution is 2.38. The molecule has 1 saturated heterocycles. The van der Waals surface area contributed by atoms with E-state index in [0.29, 0.717) is 74.2 Å². The van der Waals surface area contributed by atoms with Gasteiger partial charge in [0.25, 0.3) is 5.91 Å². The molecule has 0 radical (unpaired) electrons. The average Bonchev–Trinajstić information content (AvgIpc) is 3.07. The molecular weight excluding hydrogens is 584 g/mol. The largest absolute Gasteiger partial charge is 0.493 e. The number of ether oxygens (including phenoxy) is 5. The lowest BCUT2D eigenvalue weighted by atomic mass is 9.88. The van der Waals surface area contributed by atoms with Crippen LogP contribution >= 0.6 is 0 Å². The zero-order valence-electron chi connectivity index (χ0n) is 26.1. The van der Waals surface area contributed by atoms with Gasteiger partial charge in [0.1, 0.15) is 11.4 Å². The fourth-order valence-corrected chi connectivity index (χ4v) is 5.24. The smallest absolute Gasteiger partial charge is 0.251 e. The van der Waals surface area contributed by atoms with E-state index in [-0.39, 0.29) is 60.0 Å². The van der Waals surface area contributed by atoms with Crippen LogP contribution in [-0.2, 0) is 14.3 Å². The molecule has 0 atom stereocenters. The predicted octanol–water partition coefficient (Wildman–Crippen LogP) is 1.52. The Morgan fingerprint density at radius 3 is 2.16 bits per heavy atom. The molecule has 13 heteroatoms. The number of methoxy groups -OCH3 is 4. The van der Waals surface area contributed by atoms with Crippen molar-refractivity contribution in [1.82, 2.24) is 20.4 Å². The number of nitrogens with zero attached hydrogens (tertiary/aromatic N) is 2. The first-order valence-corrected chi connectivity index (χ1v) is 14.7. The molecule has 4 rings (SSSR count). The first kappa shape index (κ1) is 33.4. The van der Waals surface area contributed by atoms with Gasteiger partial charge in [-0.15, -0.1) is 0 Å². The summed E-state index contributed by atoms with van der Waals surface area (Å²) in [4.78, 5) is 57.1. The highest BCUT2D eigenvalue weighted by molar-refractivity contribution is 6.27. The van der Waals surface area contributed by atoms with Crippen molar-refractivity contribution in [3.05, 3.63) is 64.5 Å². The summed E-state index contributed by atoms with van der Waals surface area (Å²) in [5.41, 5.74) is 1.20. The molecule has 2 aliphatic rings. The van der Waals surface area contributed by atoms with Crippen LogP contribution in [0.25, 0.3) is 0 Å². The second-order valence-electron chi connectivity index (χ2n) is 10.2. The summed E-state index contributed by atoms with van der Waals surface area (Å²) in [6.07, 6.45) is 0.522. The normalized spacial score (nSPS) is 14.6. The molecule has 0 saturated carbocycles. The first-order valence-electron chi connectivity index (χ1n) is 14.7. The highest BCUT2D eigenvalue weighted by atomic mass is 16.5. The molecule has 1 fully saturated rings. The Hall–Kier alpha value is -4.46. The van der Waals surface area contributed by atoms with Crippen LogP contribution in [0.2, 0.25) is 0 Å². The maximum Gasteiger partial charge on any atom is 0.251 e. The lowest BCUT2D eigenvalue weighted by Crippen LogP contribution is -2.48. The molecule has 2 amide bonds. The van der Waals surface area contributed by atoms with Crippen LogP contribution in [-0.4, -0.2) is 121 Å². The van der Waals surface area contributed by atoms with E-state index < -0.39 is 0 Å². The molecular formula is C32H40N4O9.